The first-order chi connectivity index (χ1) is 17.8. The molecule has 0 unspecified atom stereocenters. The zero-order valence-electron chi connectivity index (χ0n) is 21.5. The lowest BCUT2D eigenvalue weighted by atomic mass is 9.71. The molecule has 1 saturated carbocycles. The van der Waals surface area contributed by atoms with Crippen LogP contribution in [-0.4, -0.2) is 34.6 Å². The van der Waals surface area contributed by atoms with E-state index in [0.717, 1.165) is 58.9 Å². The molecule has 1 N–H and O–H groups in total. The van der Waals surface area contributed by atoms with Gasteiger partial charge in [0, 0.05) is 53.4 Å². The molecule has 0 bridgehead atoms. The number of carbonyl (C=O) groups excluding carboxylic acids is 1. The van der Waals surface area contributed by atoms with Gasteiger partial charge in [-0.1, -0.05) is 43.2 Å². The molecule has 1 aliphatic carbocycles. The number of fused-ring (bicyclic) bond motifs is 3. The first-order valence-corrected chi connectivity index (χ1v) is 13.4. The van der Waals surface area contributed by atoms with Gasteiger partial charge in [0.15, 0.2) is 0 Å². The van der Waals surface area contributed by atoms with Crippen molar-refractivity contribution in [3.8, 4) is 11.1 Å². The smallest absolute Gasteiger partial charge is 0.339 e. The van der Waals surface area contributed by atoms with Gasteiger partial charge in [-0.05, 0) is 56.7 Å². The van der Waals surface area contributed by atoms with Gasteiger partial charge in [0.25, 0.3) is 0 Å². The molecule has 6 heteroatoms. The molecule has 37 heavy (non-hydrogen) atoms. The first-order valence-electron chi connectivity index (χ1n) is 13.4. The highest BCUT2D eigenvalue weighted by Crippen LogP contribution is 2.40. The van der Waals surface area contributed by atoms with Crippen molar-refractivity contribution in [2.75, 3.05) is 13.1 Å². The summed E-state index contributed by atoms with van der Waals surface area (Å²) in [5, 5.41) is 12.8. The third-order valence-electron chi connectivity index (χ3n) is 8.70. The molecule has 1 amide bonds. The number of carbonyl (C=O) groups is 1. The van der Waals surface area contributed by atoms with Crippen LogP contribution < -0.4 is 5.63 Å². The maximum absolute atomic E-state index is 13.1. The summed E-state index contributed by atoms with van der Waals surface area (Å²) in [6.07, 6.45) is 5.22. The second kappa shape index (κ2) is 9.18. The molecule has 2 aliphatic rings. The second-order valence-electron chi connectivity index (χ2n) is 10.9. The Labute approximate surface area is 215 Å². The second-order valence-corrected chi connectivity index (χ2v) is 10.9. The van der Waals surface area contributed by atoms with E-state index in [9.17, 15) is 14.7 Å². The van der Waals surface area contributed by atoms with Gasteiger partial charge >= 0.3 is 5.63 Å². The average molecular weight is 500 g/mol. The van der Waals surface area contributed by atoms with Crippen molar-refractivity contribution in [3.05, 3.63) is 69.8 Å². The van der Waals surface area contributed by atoms with Crippen LogP contribution >= 0.6 is 0 Å². The highest BCUT2D eigenvalue weighted by Gasteiger charge is 2.43. The van der Waals surface area contributed by atoms with Gasteiger partial charge in [-0.25, -0.2) is 4.79 Å². The molecular formula is C31H33NO5. The van der Waals surface area contributed by atoms with Crippen LogP contribution in [0.15, 0.2) is 56.1 Å². The van der Waals surface area contributed by atoms with E-state index in [1.54, 1.807) is 6.07 Å². The van der Waals surface area contributed by atoms with Gasteiger partial charge in [-0.15, -0.1) is 0 Å². The molecule has 2 aromatic heterocycles. The van der Waals surface area contributed by atoms with Gasteiger partial charge in [0.2, 0.25) is 5.91 Å². The van der Waals surface area contributed by atoms with Crippen LogP contribution in [0.25, 0.3) is 33.1 Å². The molecule has 0 spiro atoms. The zero-order valence-corrected chi connectivity index (χ0v) is 21.5. The van der Waals surface area contributed by atoms with E-state index in [1.165, 1.54) is 0 Å². The first kappa shape index (κ1) is 24.0. The van der Waals surface area contributed by atoms with Crippen LogP contribution in [0.2, 0.25) is 0 Å². The molecule has 192 valence electrons. The Kier molecular flexibility index (Phi) is 5.95. The number of likely N-dealkylation sites (tertiary alicyclic amines) is 1. The molecule has 2 aromatic carbocycles. The topological polar surface area (TPSA) is 83.9 Å². The number of amides is 1. The van der Waals surface area contributed by atoms with Gasteiger partial charge < -0.3 is 18.8 Å². The zero-order chi connectivity index (χ0) is 25.7. The van der Waals surface area contributed by atoms with E-state index in [4.69, 9.17) is 8.83 Å². The van der Waals surface area contributed by atoms with Crippen molar-refractivity contribution in [1.82, 2.24) is 4.90 Å². The Bertz CT molecular complexity index is 1550. The Hall–Kier alpha value is -3.38. The third-order valence-corrected chi connectivity index (χ3v) is 8.70. The summed E-state index contributed by atoms with van der Waals surface area (Å²) in [6.45, 7) is 5.07. The number of aliphatic hydroxyl groups is 1. The molecular weight excluding hydrogens is 466 g/mol. The van der Waals surface area contributed by atoms with Crippen molar-refractivity contribution in [3.63, 3.8) is 0 Å². The number of furan rings is 1. The lowest BCUT2D eigenvalue weighted by Crippen LogP contribution is -2.54. The largest absolute Gasteiger partial charge is 0.461 e. The number of benzene rings is 2. The van der Waals surface area contributed by atoms with Crippen LogP contribution in [0.3, 0.4) is 0 Å². The third kappa shape index (κ3) is 4.17. The molecule has 6 rings (SSSR count). The van der Waals surface area contributed by atoms with Gasteiger partial charge in [-0.2, -0.15) is 0 Å². The van der Waals surface area contributed by atoms with Crippen molar-refractivity contribution >= 4 is 27.8 Å². The van der Waals surface area contributed by atoms with Crippen LogP contribution in [0.5, 0.6) is 0 Å². The highest BCUT2D eigenvalue weighted by molar-refractivity contribution is 6.03. The quantitative estimate of drug-likeness (QED) is 0.353. The number of piperidine rings is 1. The summed E-state index contributed by atoms with van der Waals surface area (Å²) in [5.41, 5.74) is 3.67. The van der Waals surface area contributed by atoms with E-state index in [2.05, 4.69) is 12.1 Å². The van der Waals surface area contributed by atoms with E-state index in [0.29, 0.717) is 42.7 Å². The Morgan fingerprint density at radius 2 is 1.84 bits per heavy atom. The fraction of sp³-hybridized carbons (Fsp3) is 0.419. The Morgan fingerprint density at radius 1 is 1.05 bits per heavy atom. The number of hydrogen-bond donors (Lipinski definition) is 1. The Morgan fingerprint density at radius 3 is 2.65 bits per heavy atom. The summed E-state index contributed by atoms with van der Waals surface area (Å²) in [5.74, 6) is 1.01. The van der Waals surface area contributed by atoms with Gasteiger partial charge in [0.05, 0.1) is 5.60 Å². The molecule has 0 radical (unpaired) electrons. The lowest BCUT2D eigenvalue weighted by molar-refractivity contribution is -0.143. The Balaban J connectivity index is 1.28. The summed E-state index contributed by atoms with van der Waals surface area (Å²) in [6, 6.07) is 14.0. The number of rotatable bonds is 4. The molecule has 4 aromatic rings. The van der Waals surface area contributed by atoms with E-state index >= 15 is 0 Å². The van der Waals surface area contributed by atoms with Crippen molar-refractivity contribution in [2.24, 2.45) is 5.92 Å². The van der Waals surface area contributed by atoms with E-state index in [1.807, 2.05) is 43.0 Å². The van der Waals surface area contributed by atoms with E-state index < -0.39 is 11.2 Å². The van der Waals surface area contributed by atoms with Crippen LogP contribution in [0.1, 0.15) is 55.4 Å². The summed E-state index contributed by atoms with van der Waals surface area (Å²) >= 11 is 0. The molecule has 1 aliphatic heterocycles. The SMILES string of the molecule is Cc1oc2cc3oc(=O)c(CCC(=O)N4CC[C@]5(O)CCCC[C@@H]5C4)c(C)c3cc2c1-c1ccccc1. The predicted molar refractivity (Wildman–Crippen MR) is 144 cm³/mol. The van der Waals surface area contributed by atoms with Gasteiger partial charge in [0.1, 0.15) is 16.9 Å². The number of hydrogen-bond acceptors (Lipinski definition) is 5. The van der Waals surface area contributed by atoms with Gasteiger partial charge in [-0.3, -0.25) is 4.79 Å². The lowest BCUT2D eigenvalue weighted by Gasteiger charge is -2.47. The summed E-state index contributed by atoms with van der Waals surface area (Å²) in [4.78, 5) is 27.9. The summed E-state index contributed by atoms with van der Waals surface area (Å²) < 4.78 is 11.8. The molecule has 2 fully saturated rings. The molecule has 1 saturated heterocycles. The minimum absolute atomic E-state index is 0.0406. The monoisotopic (exact) mass is 499 g/mol. The standard InChI is InChI=1S/C31H33NO5/c1-19-23(11-12-28(33)32-15-14-31(35)13-7-6-10-22(31)18-32)30(34)37-26-17-27-25(16-24(19)26)29(20(2)36-27)21-8-4-3-5-9-21/h3-5,8-9,16-17,22,35H,6-7,10-15,18H2,1-2H3/t22-,31-/m1/s1. The average Bonchev–Trinajstić information content (AvgIpc) is 3.21. The maximum Gasteiger partial charge on any atom is 0.339 e. The van der Waals surface area contributed by atoms with E-state index in [-0.39, 0.29) is 18.2 Å². The summed E-state index contributed by atoms with van der Waals surface area (Å²) in [7, 11) is 0. The fourth-order valence-electron chi connectivity index (χ4n) is 6.54. The fourth-order valence-corrected chi connectivity index (χ4v) is 6.54. The number of nitrogens with zero attached hydrogens (tertiary/aromatic N) is 1. The number of aryl methyl sites for hydroxylation is 2. The normalized spacial score (nSPS) is 21.9. The molecule has 2 atom stereocenters. The van der Waals surface area contributed by atoms with Crippen LogP contribution in [0.4, 0.5) is 0 Å². The molecule has 6 nitrogen and oxygen atoms in total. The molecule has 3 heterocycles. The minimum atomic E-state index is -0.611. The van der Waals surface area contributed by atoms with Crippen molar-refractivity contribution in [1.29, 1.82) is 0 Å². The van der Waals surface area contributed by atoms with Crippen LogP contribution in [-0.2, 0) is 11.2 Å². The highest BCUT2D eigenvalue weighted by atomic mass is 16.4. The predicted octanol–water partition coefficient (Wildman–Crippen LogP) is 5.91. The van der Waals surface area contributed by atoms with Crippen molar-refractivity contribution < 1.29 is 18.7 Å². The maximum atomic E-state index is 13.1. The van der Waals surface area contributed by atoms with Crippen LogP contribution in [0, 0.1) is 19.8 Å². The van der Waals surface area contributed by atoms with Crippen molar-refractivity contribution in [2.45, 2.75) is 64.4 Å². The minimum Gasteiger partial charge on any atom is -0.461 e.